The molecule has 0 atom stereocenters. The van der Waals surface area contributed by atoms with Crippen molar-refractivity contribution in [1.29, 1.82) is 0 Å². The molecular formula is C20H15ClN4O2S. The lowest BCUT2D eigenvalue weighted by atomic mass is 10.2. The molecule has 0 spiro atoms. The van der Waals surface area contributed by atoms with E-state index in [9.17, 15) is 4.79 Å². The fraction of sp³-hybridized carbons (Fsp3) is 0.0500. The molecule has 0 aliphatic carbocycles. The van der Waals surface area contributed by atoms with Gasteiger partial charge in [0.1, 0.15) is 5.75 Å². The van der Waals surface area contributed by atoms with Gasteiger partial charge in [-0.1, -0.05) is 17.7 Å². The van der Waals surface area contributed by atoms with Crippen molar-refractivity contribution in [2.45, 2.75) is 0 Å². The Morgan fingerprint density at radius 1 is 1.21 bits per heavy atom. The molecule has 2 heterocycles. The number of thiazole rings is 1. The number of methoxy groups -OCH3 is 1. The largest absolute Gasteiger partial charge is 0.495 e. The number of ether oxygens (including phenoxy) is 1. The third-order valence-electron chi connectivity index (χ3n) is 4.05. The number of nitrogens with one attached hydrogen (secondary N) is 1. The van der Waals surface area contributed by atoms with E-state index in [0.29, 0.717) is 21.5 Å². The molecule has 2 aromatic heterocycles. The molecule has 4 rings (SSSR count). The van der Waals surface area contributed by atoms with Gasteiger partial charge in [-0.05, 0) is 42.5 Å². The van der Waals surface area contributed by atoms with Crippen molar-refractivity contribution in [3.05, 3.63) is 76.9 Å². The molecule has 1 amide bonds. The highest BCUT2D eigenvalue weighted by Crippen LogP contribution is 2.31. The van der Waals surface area contributed by atoms with E-state index in [1.54, 1.807) is 42.3 Å². The summed E-state index contributed by atoms with van der Waals surface area (Å²) < 4.78 is 6.87. The molecule has 0 bridgehead atoms. The fourth-order valence-electron chi connectivity index (χ4n) is 2.67. The Balaban J connectivity index is 1.52. The summed E-state index contributed by atoms with van der Waals surface area (Å²) in [5.74, 6) is 0.369. The number of hydrogen-bond donors (Lipinski definition) is 1. The van der Waals surface area contributed by atoms with Crippen molar-refractivity contribution >= 4 is 34.0 Å². The number of hydrogen-bond acceptors (Lipinski definition) is 5. The number of aromatic nitrogens is 3. The Hall–Kier alpha value is -3.16. The highest BCUT2D eigenvalue weighted by atomic mass is 35.5. The number of benzene rings is 2. The summed E-state index contributed by atoms with van der Waals surface area (Å²) in [7, 11) is 1.57. The van der Waals surface area contributed by atoms with Gasteiger partial charge in [-0.3, -0.25) is 10.1 Å². The highest BCUT2D eigenvalue weighted by molar-refractivity contribution is 7.14. The highest BCUT2D eigenvalue weighted by Gasteiger charge is 2.12. The van der Waals surface area contributed by atoms with Gasteiger partial charge in [-0.2, -0.15) is 5.10 Å². The average molecular weight is 411 g/mol. The van der Waals surface area contributed by atoms with Gasteiger partial charge >= 0.3 is 0 Å². The zero-order valence-corrected chi connectivity index (χ0v) is 16.4. The van der Waals surface area contributed by atoms with Crippen molar-refractivity contribution in [3.8, 4) is 22.7 Å². The van der Waals surface area contributed by atoms with Crippen LogP contribution in [0.15, 0.2) is 66.3 Å². The van der Waals surface area contributed by atoms with Crippen molar-refractivity contribution in [3.63, 3.8) is 0 Å². The summed E-state index contributed by atoms with van der Waals surface area (Å²) >= 11 is 7.53. The Morgan fingerprint density at radius 2 is 2.11 bits per heavy atom. The number of carbonyl (C=O) groups excluding carboxylic acids is 1. The maximum atomic E-state index is 12.6. The van der Waals surface area contributed by atoms with Crippen LogP contribution >= 0.6 is 22.9 Å². The number of anilines is 1. The molecule has 0 aliphatic heterocycles. The van der Waals surface area contributed by atoms with Crippen LogP contribution in [0.5, 0.6) is 5.75 Å². The van der Waals surface area contributed by atoms with Crippen LogP contribution in [0.3, 0.4) is 0 Å². The standard InChI is InChI=1S/C20H15ClN4O2S/c1-27-18-7-6-13(11-16(18)21)17-12-28-20(23-17)24-19(26)14-4-2-5-15(10-14)25-9-3-8-22-25/h2-12H,1H3,(H,23,24,26). The molecule has 6 nitrogen and oxygen atoms in total. The molecule has 8 heteroatoms. The van der Waals surface area contributed by atoms with Crippen LogP contribution in [0.4, 0.5) is 5.13 Å². The van der Waals surface area contributed by atoms with Crippen molar-refractivity contribution < 1.29 is 9.53 Å². The topological polar surface area (TPSA) is 69.0 Å². The van der Waals surface area contributed by atoms with Gasteiger partial charge in [-0.25, -0.2) is 9.67 Å². The molecule has 1 N–H and O–H groups in total. The van der Waals surface area contributed by atoms with Crippen LogP contribution in [-0.2, 0) is 0 Å². The summed E-state index contributed by atoms with van der Waals surface area (Å²) in [6.07, 6.45) is 3.51. The van der Waals surface area contributed by atoms with E-state index in [1.807, 2.05) is 35.8 Å². The predicted octanol–water partition coefficient (Wildman–Crippen LogP) is 4.91. The molecule has 0 unspecified atom stereocenters. The maximum absolute atomic E-state index is 12.6. The zero-order valence-electron chi connectivity index (χ0n) is 14.8. The maximum Gasteiger partial charge on any atom is 0.257 e. The van der Waals surface area contributed by atoms with E-state index < -0.39 is 0 Å². The van der Waals surface area contributed by atoms with Crippen LogP contribution in [0.25, 0.3) is 16.9 Å². The fourth-order valence-corrected chi connectivity index (χ4v) is 3.64. The zero-order chi connectivity index (χ0) is 19.5. The van der Waals surface area contributed by atoms with Gasteiger partial charge in [-0.15, -0.1) is 11.3 Å². The van der Waals surface area contributed by atoms with Crippen LogP contribution in [0.1, 0.15) is 10.4 Å². The van der Waals surface area contributed by atoms with Crippen molar-refractivity contribution in [2.75, 3.05) is 12.4 Å². The molecule has 28 heavy (non-hydrogen) atoms. The molecule has 2 aromatic carbocycles. The second-order valence-corrected chi connectivity index (χ2v) is 7.11. The van der Waals surface area contributed by atoms with E-state index in [2.05, 4.69) is 15.4 Å². The van der Waals surface area contributed by atoms with Crippen LogP contribution in [0.2, 0.25) is 5.02 Å². The molecule has 0 fully saturated rings. The first kappa shape index (κ1) is 18.2. The Labute approximate surface area is 170 Å². The monoisotopic (exact) mass is 410 g/mol. The average Bonchev–Trinajstić information content (AvgIpc) is 3.40. The molecule has 140 valence electrons. The molecule has 4 aromatic rings. The second-order valence-electron chi connectivity index (χ2n) is 5.84. The van der Waals surface area contributed by atoms with Crippen molar-refractivity contribution in [1.82, 2.24) is 14.8 Å². The van der Waals surface area contributed by atoms with E-state index in [0.717, 1.165) is 16.9 Å². The van der Waals surface area contributed by atoms with Gasteiger partial charge in [0.15, 0.2) is 5.13 Å². The Bertz CT molecular complexity index is 1120. The number of rotatable bonds is 5. The first-order chi connectivity index (χ1) is 13.6. The molecule has 0 saturated heterocycles. The first-order valence-corrected chi connectivity index (χ1v) is 9.60. The summed E-state index contributed by atoms with van der Waals surface area (Å²) in [5.41, 5.74) is 2.92. The number of nitrogens with zero attached hydrogens (tertiary/aromatic N) is 3. The van der Waals surface area contributed by atoms with Gasteiger partial charge in [0.25, 0.3) is 5.91 Å². The van der Waals surface area contributed by atoms with E-state index in [-0.39, 0.29) is 5.91 Å². The first-order valence-electron chi connectivity index (χ1n) is 8.35. The molecular weight excluding hydrogens is 396 g/mol. The normalized spacial score (nSPS) is 10.6. The SMILES string of the molecule is COc1ccc(-c2csc(NC(=O)c3cccc(-n4cccn4)c3)n2)cc1Cl. The minimum atomic E-state index is -0.234. The summed E-state index contributed by atoms with van der Waals surface area (Å²) in [4.78, 5) is 17.1. The van der Waals surface area contributed by atoms with E-state index >= 15 is 0 Å². The Morgan fingerprint density at radius 3 is 2.86 bits per heavy atom. The van der Waals surface area contributed by atoms with Crippen LogP contribution in [-0.4, -0.2) is 27.8 Å². The Kier molecular flexibility index (Phi) is 5.10. The summed E-state index contributed by atoms with van der Waals surface area (Å²) in [6.45, 7) is 0. The van der Waals surface area contributed by atoms with E-state index in [1.165, 1.54) is 11.3 Å². The van der Waals surface area contributed by atoms with Gasteiger partial charge in [0.05, 0.1) is 23.5 Å². The lowest BCUT2D eigenvalue weighted by Gasteiger charge is -2.05. The minimum Gasteiger partial charge on any atom is -0.495 e. The van der Waals surface area contributed by atoms with Gasteiger partial charge < -0.3 is 4.74 Å². The van der Waals surface area contributed by atoms with Crippen molar-refractivity contribution in [2.24, 2.45) is 0 Å². The number of carbonyl (C=O) groups is 1. The lowest BCUT2D eigenvalue weighted by Crippen LogP contribution is -2.12. The number of halogens is 1. The minimum absolute atomic E-state index is 0.234. The van der Waals surface area contributed by atoms with Gasteiger partial charge in [0.2, 0.25) is 0 Å². The second kappa shape index (κ2) is 7.84. The number of amides is 1. The quantitative estimate of drug-likeness (QED) is 0.507. The third kappa shape index (κ3) is 3.76. The van der Waals surface area contributed by atoms with Crippen LogP contribution < -0.4 is 10.1 Å². The third-order valence-corrected chi connectivity index (χ3v) is 5.10. The summed E-state index contributed by atoms with van der Waals surface area (Å²) in [5, 5.41) is 9.91. The van der Waals surface area contributed by atoms with Gasteiger partial charge in [0, 0.05) is 28.9 Å². The van der Waals surface area contributed by atoms with E-state index in [4.69, 9.17) is 16.3 Å². The predicted molar refractivity (Wildman–Crippen MR) is 111 cm³/mol. The van der Waals surface area contributed by atoms with Crippen LogP contribution in [0, 0.1) is 0 Å². The molecule has 0 saturated carbocycles. The summed E-state index contributed by atoms with van der Waals surface area (Å²) in [6, 6.07) is 14.5. The molecule has 0 aliphatic rings. The smallest absolute Gasteiger partial charge is 0.257 e. The lowest BCUT2D eigenvalue weighted by molar-refractivity contribution is 0.102. The molecule has 0 radical (unpaired) electrons.